The number of hydrogen-bond acceptors (Lipinski definition) is 2. The van der Waals surface area contributed by atoms with Gasteiger partial charge in [0.25, 0.3) is 0 Å². The third-order valence-corrected chi connectivity index (χ3v) is 4.21. The Morgan fingerprint density at radius 2 is 2.00 bits per heavy atom. The maximum atomic E-state index is 12.3. The van der Waals surface area contributed by atoms with Crippen molar-refractivity contribution in [2.45, 2.75) is 44.6 Å². The van der Waals surface area contributed by atoms with Crippen LogP contribution in [0.1, 0.15) is 38.5 Å². The van der Waals surface area contributed by atoms with E-state index in [1.165, 1.54) is 32.1 Å². The summed E-state index contributed by atoms with van der Waals surface area (Å²) >= 11 is 0. The Bertz CT molecular complexity index is 381. The van der Waals surface area contributed by atoms with Crippen molar-refractivity contribution in [3.63, 3.8) is 0 Å². The highest BCUT2D eigenvalue weighted by atomic mass is 16.2. The van der Waals surface area contributed by atoms with Gasteiger partial charge in [0.15, 0.2) is 0 Å². The first kappa shape index (κ1) is 10.8. The lowest BCUT2D eigenvalue weighted by Gasteiger charge is -2.29. The number of carbonyl (C=O) groups excluding carboxylic acids is 1. The summed E-state index contributed by atoms with van der Waals surface area (Å²) < 4.78 is 1.60. The van der Waals surface area contributed by atoms with E-state index in [9.17, 15) is 4.79 Å². The molecule has 1 aromatic heterocycles. The highest BCUT2D eigenvalue weighted by Gasteiger charge is 2.36. The van der Waals surface area contributed by atoms with Crippen molar-refractivity contribution < 1.29 is 4.79 Å². The van der Waals surface area contributed by atoms with E-state index in [-0.39, 0.29) is 6.03 Å². The molecule has 1 aromatic rings. The van der Waals surface area contributed by atoms with Crippen molar-refractivity contribution in [3.8, 4) is 0 Å². The molecular weight excluding hydrogens is 214 g/mol. The van der Waals surface area contributed by atoms with Crippen LogP contribution in [0.25, 0.3) is 0 Å². The van der Waals surface area contributed by atoms with Gasteiger partial charge in [0, 0.05) is 25.0 Å². The molecule has 1 aliphatic carbocycles. The van der Waals surface area contributed by atoms with E-state index in [1.54, 1.807) is 23.3 Å². The van der Waals surface area contributed by atoms with Crippen molar-refractivity contribution >= 4 is 6.03 Å². The third kappa shape index (κ3) is 1.96. The van der Waals surface area contributed by atoms with Gasteiger partial charge in [-0.15, -0.1) is 0 Å². The van der Waals surface area contributed by atoms with Crippen LogP contribution in [0.15, 0.2) is 18.7 Å². The molecule has 1 saturated heterocycles. The first-order valence-corrected chi connectivity index (χ1v) is 6.65. The molecule has 0 spiro atoms. The molecule has 1 amide bonds. The smallest absolute Gasteiger partial charge is 0.321 e. The second kappa shape index (κ2) is 4.51. The number of imidazole rings is 1. The lowest BCUT2D eigenvalue weighted by Crippen LogP contribution is -2.41. The molecule has 3 rings (SSSR count). The number of likely N-dealkylation sites (tertiary alicyclic amines) is 1. The summed E-state index contributed by atoms with van der Waals surface area (Å²) in [7, 11) is 0. The van der Waals surface area contributed by atoms with Crippen molar-refractivity contribution in [2.24, 2.45) is 5.92 Å². The summed E-state index contributed by atoms with van der Waals surface area (Å²) in [6.45, 7) is 0.915. The first-order chi connectivity index (χ1) is 8.36. The quantitative estimate of drug-likeness (QED) is 0.747. The van der Waals surface area contributed by atoms with Gasteiger partial charge >= 0.3 is 6.03 Å². The minimum absolute atomic E-state index is 0.108. The Balaban J connectivity index is 1.75. The Hall–Kier alpha value is -1.32. The Kier molecular flexibility index (Phi) is 2.87. The Morgan fingerprint density at radius 3 is 2.71 bits per heavy atom. The van der Waals surface area contributed by atoms with Gasteiger partial charge in [0.2, 0.25) is 0 Å². The topological polar surface area (TPSA) is 38.1 Å². The zero-order valence-electron chi connectivity index (χ0n) is 10.1. The van der Waals surface area contributed by atoms with Crippen LogP contribution >= 0.6 is 0 Å². The van der Waals surface area contributed by atoms with Crippen LogP contribution in [0.3, 0.4) is 0 Å². The third-order valence-electron chi connectivity index (χ3n) is 4.21. The number of carbonyl (C=O) groups is 1. The molecule has 0 bridgehead atoms. The van der Waals surface area contributed by atoms with Crippen LogP contribution in [0, 0.1) is 5.92 Å². The molecule has 2 aliphatic rings. The Morgan fingerprint density at radius 1 is 1.18 bits per heavy atom. The van der Waals surface area contributed by atoms with Crippen LogP contribution in [-0.4, -0.2) is 33.1 Å². The van der Waals surface area contributed by atoms with Crippen molar-refractivity contribution in [2.75, 3.05) is 6.54 Å². The fraction of sp³-hybridized carbons (Fsp3) is 0.692. The number of nitrogens with zero attached hydrogens (tertiary/aromatic N) is 3. The number of aromatic nitrogens is 2. The second-order valence-corrected chi connectivity index (χ2v) is 5.20. The molecule has 4 heteroatoms. The minimum atomic E-state index is 0.108. The predicted molar refractivity (Wildman–Crippen MR) is 64.7 cm³/mol. The fourth-order valence-electron chi connectivity index (χ4n) is 3.38. The molecule has 1 unspecified atom stereocenters. The lowest BCUT2D eigenvalue weighted by molar-refractivity contribution is 0.174. The first-order valence-electron chi connectivity index (χ1n) is 6.65. The normalized spacial score (nSPS) is 25.6. The summed E-state index contributed by atoms with van der Waals surface area (Å²) in [6, 6.07) is 0.587. The zero-order valence-corrected chi connectivity index (χ0v) is 10.1. The molecule has 2 heterocycles. The molecule has 1 aliphatic heterocycles. The monoisotopic (exact) mass is 233 g/mol. The van der Waals surface area contributed by atoms with E-state index in [1.807, 2.05) is 0 Å². The largest absolute Gasteiger partial charge is 0.329 e. The summed E-state index contributed by atoms with van der Waals surface area (Å²) in [5, 5.41) is 0. The van der Waals surface area contributed by atoms with E-state index in [2.05, 4.69) is 9.88 Å². The SMILES string of the molecule is O=C(N1CCCC1C1CCCC1)n1ccnc1. The molecule has 17 heavy (non-hydrogen) atoms. The van der Waals surface area contributed by atoms with Crippen molar-refractivity contribution in [1.29, 1.82) is 0 Å². The molecule has 0 N–H and O–H groups in total. The standard InChI is InChI=1S/C13H19N3O/c17-13(15-9-7-14-10-15)16-8-3-6-12(16)11-4-1-2-5-11/h7,9-12H,1-6,8H2. The number of amides is 1. The van der Waals surface area contributed by atoms with Gasteiger partial charge in [0.05, 0.1) is 0 Å². The summed E-state index contributed by atoms with van der Waals surface area (Å²) in [5.74, 6) is 0.741. The van der Waals surface area contributed by atoms with Gasteiger partial charge in [-0.1, -0.05) is 12.8 Å². The molecule has 4 nitrogen and oxygen atoms in total. The van der Waals surface area contributed by atoms with E-state index in [0.29, 0.717) is 6.04 Å². The predicted octanol–water partition coefficient (Wildman–Crippen LogP) is 2.51. The number of hydrogen-bond donors (Lipinski definition) is 0. The van der Waals surface area contributed by atoms with Gasteiger partial charge in [0.1, 0.15) is 6.33 Å². The number of rotatable bonds is 1. The Labute approximate surface area is 102 Å². The van der Waals surface area contributed by atoms with Gasteiger partial charge in [-0.2, -0.15) is 0 Å². The van der Waals surface area contributed by atoms with E-state index in [0.717, 1.165) is 18.9 Å². The molecule has 1 atom stereocenters. The maximum Gasteiger partial charge on any atom is 0.329 e. The van der Waals surface area contributed by atoms with Gasteiger partial charge in [-0.25, -0.2) is 9.78 Å². The van der Waals surface area contributed by atoms with Gasteiger partial charge < -0.3 is 4.90 Å². The van der Waals surface area contributed by atoms with Crippen LogP contribution in [0.2, 0.25) is 0 Å². The second-order valence-electron chi connectivity index (χ2n) is 5.20. The zero-order chi connectivity index (χ0) is 11.7. The average molecular weight is 233 g/mol. The summed E-state index contributed by atoms with van der Waals surface area (Å²) in [4.78, 5) is 18.3. The highest BCUT2D eigenvalue weighted by molar-refractivity contribution is 5.77. The minimum Gasteiger partial charge on any atom is -0.321 e. The van der Waals surface area contributed by atoms with E-state index in [4.69, 9.17) is 0 Å². The fourth-order valence-corrected chi connectivity index (χ4v) is 3.38. The van der Waals surface area contributed by atoms with E-state index >= 15 is 0 Å². The van der Waals surface area contributed by atoms with Crippen molar-refractivity contribution in [3.05, 3.63) is 18.7 Å². The van der Waals surface area contributed by atoms with Gasteiger partial charge in [-0.3, -0.25) is 4.57 Å². The summed E-state index contributed by atoms with van der Waals surface area (Å²) in [5.41, 5.74) is 0. The van der Waals surface area contributed by atoms with Crippen LogP contribution in [-0.2, 0) is 0 Å². The molecule has 1 saturated carbocycles. The molecule has 0 aromatic carbocycles. The maximum absolute atomic E-state index is 12.3. The van der Waals surface area contributed by atoms with E-state index < -0.39 is 0 Å². The summed E-state index contributed by atoms with van der Waals surface area (Å²) in [6.07, 6.45) is 12.6. The lowest BCUT2D eigenvalue weighted by atomic mass is 9.96. The highest BCUT2D eigenvalue weighted by Crippen LogP contribution is 2.35. The molecular formula is C13H19N3O. The van der Waals surface area contributed by atoms with Crippen molar-refractivity contribution in [1.82, 2.24) is 14.5 Å². The van der Waals surface area contributed by atoms with Crippen LogP contribution < -0.4 is 0 Å². The molecule has 0 radical (unpaired) electrons. The van der Waals surface area contributed by atoms with Crippen LogP contribution in [0.5, 0.6) is 0 Å². The molecule has 92 valence electrons. The van der Waals surface area contributed by atoms with Gasteiger partial charge in [-0.05, 0) is 31.6 Å². The van der Waals surface area contributed by atoms with Crippen LogP contribution in [0.4, 0.5) is 4.79 Å². The average Bonchev–Trinajstić information content (AvgIpc) is 3.09. The molecule has 2 fully saturated rings.